The first-order chi connectivity index (χ1) is 6.74. The Morgan fingerprint density at radius 1 is 1.64 bits per heavy atom. The quantitative estimate of drug-likeness (QED) is 0.636. The lowest BCUT2D eigenvalue weighted by Crippen LogP contribution is -2.10. The Hall–Kier alpha value is -1.16. The molecule has 0 unspecified atom stereocenters. The molecule has 0 N–H and O–H groups in total. The molecule has 0 aromatic carbocycles. The zero-order chi connectivity index (χ0) is 10.4. The number of hydrogen-bond donors (Lipinski definition) is 0. The number of aryl methyl sites for hydroxylation is 1. The Balaban J connectivity index is 2.31. The number of carbonyl (C=O) groups is 1. The Morgan fingerprint density at radius 3 is 3.00 bits per heavy atom. The van der Waals surface area contributed by atoms with Crippen molar-refractivity contribution in [3.63, 3.8) is 0 Å². The maximum atomic E-state index is 11.4. The SMILES string of the molecule is CCOCCC(=O)Cc1nccn1C. The van der Waals surface area contributed by atoms with E-state index in [1.54, 1.807) is 6.20 Å². The Labute approximate surface area is 83.9 Å². The maximum absolute atomic E-state index is 11.4. The monoisotopic (exact) mass is 196 g/mol. The first-order valence-corrected chi connectivity index (χ1v) is 4.79. The van der Waals surface area contributed by atoms with E-state index in [0.717, 1.165) is 5.82 Å². The van der Waals surface area contributed by atoms with Gasteiger partial charge in [0.25, 0.3) is 0 Å². The number of hydrogen-bond acceptors (Lipinski definition) is 3. The molecule has 1 aromatic rings. The fraction of sp³-hybridized carbons (Fsp3) is 0.600. The molecule has 0 amide bonds. The van der Waals surface area contributed by atoms with Crippen LogP contribution >= 0.6 is 0 Å². The summed E-state index contributed by atoms with van der Waals surface area (Å²) in [5, 5.41) is 0. The minimum atomic E-state index is 0.174. The van der Waals surface area contributed by atoms with Crippen LogP contribution in [0.2, 0.25) is 0 Å². The van der Waals surface area contributed by atoms with Crippen LogP contribution in [0.5, 0.6) is 0 Å². The lowest BCUT2D eigenvalue weighted by Gasteiger charge is -2.01. The average molecular weight is 196 g/mol. The minimum absolute atomic E-state index is 0.174. The molecule has 78 valence electrons. The highest BCUT2D eigenvalue weighted by Gasteiger charge is 2.06. The second-order valence-electron chi connectivity index (χ2n) is 3.12. The summed E-state index contributed by atoms with van der Waals surface area (Å²) in [5.74, 6) is 0.985. The molecule has 1 aromatic heterocycles. The summed E-state index contributed by atoms with van der Waals surface area (Å²) in [6, 6.07) is 0. The van der Waals surface area contributed by atoms with Crippen molar-refractivity contribution < 1.29 is 9.53 Å². The van der Waals surface area contributed by atoms with Crippen molar-refractivity contribution in [2.75, 3.05) is 13.2 Å². The van der Waals surface area contributed by atoms with E-state index in [2.05, 4.69) is 4.98 Å². The van der Waals surface area contributed by atoms with Crippen LogP contribution in [-0.4, -0.2) is 28.5 Å². The molecule has 0 saturated carbocycles. The van der Waals surface area contributed by atoms with Crippen LogP contribution in [0.3, 0.4) is 0 Å². The normalized spacial score (nSPS) is 10.4. The van der Waals surface area contributed by atoms with Crippen molar-refractivity contribution in [3.8, 4) is 0 Å². The van der Waals surface area contributed by atoms with Crippen molar-refractivity contribution in [2.24, 2.45) is 7.05 Å². The van der Waals surface area contributed by atoms with E-state index in [1.807, 2.05) is 24.7 Å². The van der Waals surface area contributed by atoms with Gasteiger partial charge in [-0.15, -0.1) is 0 Å². The third-order valence-corrected chi connectivity index (χ3v) is 2.01. The minimum Gasteiger partial charge on any atom is -0.381 e. The van der Waals surface area contributed by atoms with Crippen LogP contribution in [-0.2, 0) is 23.0 Å². The first-order valence-electron chi connectivity index (χ1n) is 4.79. The summed E-state index contributed by atoms with van der Waals surface area (Å²) in [5.41, 5.74) is 0. The van der Waals surface area contributed by atoms with Crippen LogP contribution < -0.4 is 0 Å². The molecule has 1 rings (SSSR count). The number of nitrogens with zero attached hydrogens (tertiary/aromatic N) is 2. The lowest BCUT2D eigenvalue weighted by molar-refractivity contribution is -0.119. The molecule has 0 spiro atoms. The highest BCUT2D eigenvalue weighted by molar-refractivity contribution is 5.80. The molecule has 0 radical (unpaired) electrons. The van der Waals surface area contributed by atoms with Gasteiger partial charge in [0.1, 0.15) is 11.6 Å². The summed E-state index contributed by atoms with van der Waals surface area (Å²) >= 11 is 0. The highest BCUT2D eigenvalue weighted by Crippen LogP contribution is 1.98. The number of Topliss-reactive ketones (excluding diaryl/α,β-unsaturated/α-hetero) is 1. The molecular formula is C10H16N2O2. The van der Waals surface area contributed by atoms with Crippen molar-refractivity contribution >= 4 is 5.78 Å². The van der Waals surface area contributed by atoms with Gasteiger partial charge in [0.2, 0.25) is 0 Å². The van der Waals surface area contributed by atoms with Crippen molar-refractivity contribution in [2.45, 2.75) is 19.8 Å². The number of imidazole rings is 1. The third kappa shape index (κ3) is 3.30. The van der Waals surface area contributed by atoms with Gasteiger partial charge in [-0.05, 0) is 6.92 Å². The molecule has 0 fully saturated rings. The number of aromatic nitrogens is 2. The number of ether oxygens (including phenoxy) is 1. The fourth-order valence-corrected chi connectivity index (χ4v) is 1.16. The topological polar surface area (TPSA) is 44.1 Å². The Morgan fingerprint density at radius 2 is 2.43 bits per heavy atom. The van der Waals surface area contributed by atoms with Gasteiger partial charge >= 0.3 is 0 Å². The smallest absolute Gasteiger partial charge is 0.142 e. The van der Waals surface area contributed by atoms with E-state index in [9.17, 15) is 4.79 Å². The summed E-state index contributed by atoms with van der Waals surface area (Å²) < 4.78 is 6.97. The highest BCUT2D eigenvalue weighted by atomic mass is 16.5. The van der Waals surface area contributed by atoms with E-state index < -0.39 is 0 Å². The summed E-state index contributed by atoms with van der Waals surface area (Å²) in [6.45, 7) is 3.10. The van der Waals surface area contributed by atoms with Crippen molar-refractivity contribution in [1.29, 1.82) is 0 Å². The molecule has 0 atom stereocenters. The summed E-state index contributed by atoms with van der Waals surface area (Å²) in [4.78, 5) is 15.5. The van der Waals surface area contributed by atoms with E-state index >= 15 is 0 Å². The molecule has 0 bridgehead atoms. The molecule has 0 aliphatic heterocycles. The largest absolute Gasteiger partial charge is 0.381 e. The van der Waals surface area contributed by atoms with E-state index in [0.29, 0.717) is 26.1 Å². The van der Waals surface area contributed by atoms with Gasteiger partial charge in [-0.25, -0.2) is 4.98 Å². The average Bonchev–Trinajstić information content (AvgIpc) is 2.52. The second kappa shape index (κ2) is 5.54. The molecule has 0 aliphatic rings. The molecule has 4 nitrogen and oxygen atoms in total. The van der Waals surface area contributed by atoms with Crippen molar-refractivity contribution in [3.05, 3.63) is 18.2 Å². The van der Waals surface area contributed by atoms with Crippen molar-refractivity contribution in [1.82, 2.24) is 9.55 Å². The van der Waals surface area contributed by atoms with E-state index in [4.69, 9.17) is 4.74 Å². The maximum Gasteiger partial charge on any atom is 0.142 e. The Kier molecular flexibility index (Phi) is 4.32. The summed E-state index contributed by atoms with van der Waals surface area (Å²) in [7, 11) is 1.89. The van der Waals surface area contributed by atoms with Gasteiger partial charge in [-0.1, -0.05) is 0 Å². The van der Waals surface area contributed by atoms with Gasteiger partial charge < -0.3 is 9.30 Å². The fourth-order valence-electron chi connectivity index (χ4n) is 1.16. The van der Waals surface area contributed by atoms with Gasteiger partial charge in [0.15, 0.2) is 0 Å². The molecular weight excluding hydrogens is 180 g/mol. The lowest BCUT2D eigenvalue weighted by atomic mass is 10.2. The van der Waals surface area contributed by atoms with Gasteiger partial charge in [-0.3, -0.25) is 4.79 Å². The zero-order valence-corrected chi connectivity index (χ0v) is 8.69. The predicted octanol–water partition coefficient (Wildman–Crippen LogP) is 0.958. The Bertz CT molecular complexity index is 294. The number of carbonyl (C=O) groups excluding carboxylic acids is 1. The van der Waals surface area contributed by atoms with Crippen LogP contribution in [0.25, 0.3) is 0 Å². The molecule has 4 heteroatoms. The first kappa shape index (κ1) is 10.9. The van der Waals surface area contributed by atoms with Crippen LogP contribution in [0.1, 0.15) is 19.2 Å². The second-order valence-corrected chi connectivity index (χ2v) is 3.12. The summed E-state index contributed by atoms with van der Waals surface area (Å²) in [6.07, 6.45) is 4.41. The van der Waals surface area contributed by atoms with Gasteiger partial charge in [0, 0.05) is 32.5 Å². The van der Waals surface area contributed by atoms with Crippen LogP contribution in [0.15, 0.2) is 12.4 Å². The van der Waals surface area contributed by atoms with Gasteiger partial charge in [0.05, 0.1) is 13.0 Å². The number of ketones is 1. The van der Waals surface area contributed by atoms with E-state index in [1.165, 1.54) is 0 Å². The zero-order valence-electron chi connectivity index (χ0n) is 8.69. The standard InChI is InChI=1S/C10H16N2O2/c1-3-14-7-4-9(13)8-10-11-5-6-12(10)2/h5-6H,3-4,7-8H2,1-2H3. The molecule has 14 heavy (non-hydrogen) atoms. The van der Waals surface area contributed by atoms with E-state index in [-0.39, 0.29) is 5.78 Å². The third-order valence-electron chi connectivity index (χ3n) is 2.01. The molecule has 1 heterocycles. The molecule has 0 saturated heterocycles. The molecule has 0 aliphatic carbocycles. The predicted molar refractivity (Wildman–Crippen MR) is 53.0 cm³/mol. The number of rotatable bonds is 6. The van der Waals surface area contributed by atoms with Crippen LogP contribution in [0.4, 0.5) is 0 Å². The van der Waals surface area contributed by atoms with Gasteiger partial charge in [-0.2, -0.15) is 0 Å². The van der Waals surface area contributed by atoms with Crippen LogP contribution in [0, 0.1) is 0 Å².